The van der Waals surface area contributed by atoms with Gasteiger partial charge in [0.05, 0.1) is 18.7 Å². The molecule has 1 saturated heterocycles. The van der Waals surface area contributed by atoms with Crippen LogP contribution < -0.4 is 5.32 Å². The average molecular weight is 315 g/mol. The lowest BCUT2D eigenvalue weighted by molar-refractivity contribution is -0.126. The molecule has 1 atom stereocenters. The van der Waals surface area contributed by atoms with Gasteiger partial charge in [-0.2, -0.15) is 0 Å². The zero-order valence-electron chi connectivity index (χ0n) is 12.3. The Morgan fingerprint density at radius 2 is 2.29 bits per heavy atom. The van der Waals surface area contributed by atoms with Gasteiger partial charge in [0.1, 0.15) is 6.33 Å². The van der Waals surface area contributed by atoms with Gasteiger partial charge < -0.3 is 9.88 Å². The van der Waals surface area contributed by atoms with Crippen LogP contribution in [0.3, 0.4) is 0 Å². The summed E-state index contributed by atoms with van der Waals surface area (Å²) in [5.41, 5.74) is 0. The summed E-state index contributed by atoms with van der Waals surface area (Å²) in [6, 6.07) is 0. The maximum Gasteiger partial charge on any atom is 0.224 e. The highest BCUT2D eigenvalue weighted by molar-refractivity contribution is 7.88. The predicted molar refractivity (Wildman–Crippen MR) is 76.7 cm³/mol. The summed E-state index contributed by atoms with van der Waals surface area (Å²) < 4.78 is 26.3. The number of piperidine rings is 1. The van der Waals surface area contributed by atoms with Gasteiger partial charge in [0.15, 0.2) is 5.82 Å². The Morgan fingerprint density at radius 1 is 1.52 bits per heavy atom. The van der Waals surface area contributed by atoms with Crippen LogP contribution in [-0.2, 0) is 27.9 Å². The lowest BCUT2D eigenvalue weighted by Crippen LogP contribution is -2.45. The fourth-order valence-electron chi connectivity index (χ4n) is 2.45. The fourth-order valence-corrected chi connectivity index (χ4v) is 3.36. The highest BCUT2D eigenvalue weighted by Gasteiger charge is 2.30. The standard InChI is InChI=1S/C12H21N5O3S/c1-3-16-9-14-15-11(16)7-13-12(18)10-5-4-6-17(8-10)21(2,19)20/h9-10H,3-8H2,1-2H3,(H,13,18)/t10-/m0/s1. The van der Waals surface area contributed by atoms with E-state index in [0.29, 0.717) is 31.8 Å². The molecule has 9 heteroatoms. The number of rotatable bonds is 5. The van der Waals surface area contributed by atoms with Crippen molar-refractivity contribution < 1.29 is 13.2 Å². The Morgan fingerprint density at radius 3 is 2.95 bits per heavy atom. The lowest BCUT2D eigenvalue weighted by Gasteiger charge is -2.30. The van der Waals surface area contributed by atoms with Crippen molar-refractivity contribution in [3.8, 4) is 0 Å². The van der Waals surface area contributed by atoms with E-state index < -0.39 is 10.0 Å². The Labute approximate surface area is 124 Å². The van der Waals surface area contributed by atoms with E-state index in [1.54, 1.807) is 6.33 Å². The highest BCUT2D eigenvalue weighted by atomic mass is 32.2. The second-order valence-electron chi connectivity index (χ2n) is 5.21. The van der Waals surface area contributed by atoms with Crippen LogP contribution in [0.25, 0.3) is 0 Å². The summed E-state index contributed by atoms with van der Waals surface area (Å²) in [5.74, 6) is 0.266. The van der Waals surface area contributed by atoms with E-state index in [1.165, 1.54) is 10.6 Å². The Balaban J connectivity index is 1.91. The first-order chi connectivity index (χ1) is 9.91. The number of hydrogen-bond donors (Lipinski definition) is 1. The first kappa shape index (κ1) is 15.9. The molecule has 1 amide bonds. The molecule has 1 fully saturated rings. The van der Waals surface area contributed by atoms with E-state index in [-0.39, 0.29) is 18.4 Å². The number of nitrogens with one attached hydrogen (secondary N) is 1. The minimum absolute atomic E-state index is 0.131. The summed E-state index contributed by atoms with van der Waals surface area (Å²) in [5, 5.41) is 10.6. The third-order valence-corrected chi connectivity index (χ3v) is 4.95. The number of nitrogens with zero attached hydrogens (tertiary/aromatic N) is 4. The Bertz CT molecular complexity index is 598. The van der Waals surface area contributed by atoms with Gasteiger partial charge in [-0.25, -0.2) is 12.7 Å². The summed E-state index contributed by atoms with van der Waals surface area (Å²) >= 11 is 0. The largest absolute Gasteiger partial charge is 0.349 e. The quantitative estimate of drug-likeness (QED) is 0.796. The molecule has 1 aromatic rings. The molecule has 2 rings (SSSR count). The number of aryl methyl sites for hydroxylation is 1. The molecule has 21 heavy (non-hydrogen) atoms. The summed E-state index contributed by atoms with van der Waals surface area (Å²) in [6.45, 7) is 3.77. The van der Waals surface area contributed by atoms with Gasteiger partial charge in [-0.15, -0.1) is 10.2 Å². The number of carbonyl (C=O) groups excluding carboxylic acids is 1. The summed E-state index contributed by atoms with van der Waals surface area (Å²) in [4.78, 5) is 12.2. The molecule has 0 spiro atoms. The van der Waals surface area contributed by atoms with Crippen molar-refractivity contribution in [2.75, 3.05) is 19.3 Å². The number of hydrogen-bond acceptors (Lipinski definition) is 5. The summed E-state index contributed by atoms with van der Waals surface area (Å²) in [6.07, 6.45) is 4.21. The molecule has 118 valence electrons. The van der Waals surface area contributed by atoms with Crippen LogP contribution in [0.5, 0.6) is 0 Å². The molecule has 1 aliphatic heterocycles. The van der Waals surface area contributed by atoms with E-state index >= 15 is 0 Å². The molecule has 0 radical (unpaired) electrons. The zero-order chi connectivity index (χ0) is 15.5. The molecule has 1 N–H and O–H groups in total. The summed E-state index contributed by atoms with van der Waals surface area (Å²) in [7, 11) is -3.23. The van der Waals surface area contributed by atoms with Gasteiger partial charge in [0, 0.05) is 19.6 Å². The van der Waals surface area contributed by atoms with Gasteiger partial charge in [-0.05, 0) is 19.8 Å². The van der Waals surface area contributed by atoms with Crippen LogP contribution in [-0.4, -0.2) is 52.7 Å². The molecule has 8 nitrogen and oxygen atoms in total. The molecule has 0 saturated carbocycles. The second kappa shape index (κ2) is 6.52. The number of aromatic nitrogens is 3. The van der Waals surface area contributed by atoms with Gasteiger partial charge in [0.25, 0.3) is 0 Å². The molecule has 1 aromatic heterocycles. The average Bonchev–Trinajstić information content (AvgIpc) is 2.91. The highest BCUT2D eigenvalue weighted by Crippen LogP contribution is 2.18. The van der Waals surface area contributed by atoms with Gasteiger partial charge in [0.2, 0.25) is 15.9 Å². The predicted octanol–water partition coefficient (Wildman–Crippen LogP) is -0.414. The second-order valence-corrected chi connectivity index (χ2v) is 7.19. The van der Waals surface area contributed by atoms with E-state index in [9.17, 15) is 13.2 Å². The maximum atomic E-state index is 12.2. The molecule has 1 aliphatic rings. The molecular formula is C12H21N5O3S. The fraction of sp³-hybridized carbons (Fsp3) is 0.750. The van der Waals surface area contributed by atoms with E-state index in [0.717, 1.165) is 6.54 Å². The van der Waals surface area contributed by atoms with Crippen LogP contribution in [0.4, 0.5) is 0 Å². The van der Waals surface area contributed by atoms with E-state index in [1.807, 2.05) is 11.5 Å². The van der Waals surface area contributed by atoms with Gasteiger partial charge in [-0.1, -0.05) is 0 Å². The topological polar surface area (TPSA) is 97.2 Å². The SMILES string of the molecule is CCn1cnnc1CNC(=O)[C@H]1CCCN(S(C)(=O)=O)C1. The minimum Gasteiger partial charge on any atom is -0.349 e. The van der Waals surface area contributed by atoms with Crippen LogP contribution in [0.15, 0.2) is 6.33 Å². The van der Waals surface area contributed by atoms with Crippen molar-refractivity contribution in [3.05, 3.63) is 12.2 Å². The van der Waals surface area contributed by atoms with Crippen molar-refractivity contribution in [2.45, 2.75) is 32.9 Å². The molecule has 0 aromatic carbocycles. The minimum atomic E-state index is -3.23. The zero-order valence-corrected chi connectivity index (χ0v) is 13.1. The van der Waals surface area contributed by atoms with Gasteiger partial charge >= 0.3 is 0 Å². The van der Waals surface area contributed by atoms with Crippen molar-refractivity contribution >= 4 is 15.9 Å². The Hall–Kier alpha value is -1.48. The monoisotopic (exact) mass is 315 g/mol. The smallest absolute Gasteiger partial charge is 0.224 e. The first-order valence-electron chi connectivity index (χ1n) is 7.01. The van der Waals surface area contributed by atoms with Crippen molar-refractivity contribution in [3.63, 3.8) is 0 Å². The Kier molecular flexibility index (Phi) is 4.94. The number of amides is 1. The van der Waals surface area contributed by atoms with Crippen molar-refractivity contribution in [1.82, 2.24) is 24.4 Å². The molecule has 0 aliphatic carbocycles. The van der Waals surface area contributed by atoms with E-state index in [4.69, 9.17) is 0 Å². The first-order valence-corrected chi connectivity index (χ1v) is 8.86. The van der Waals surface area contributed by atoms with Crippen molar-refractivity contribution in [1.29, 1.82) is 0 Å². The van der Waals surface area contributed by atoms with Crippen LogP contribution >= 0.6 is 0 Å². The third-order valence-electron chi connectivity index (χ3n) is 3.68. The molecular weight excluding hydrogens is 294 g/mol. The number of carbonyl (C=O) groups is 1. The van der Waals surface area contributed by atoms with Crippen LogP contribution in [0.1, 0.15) is 25.6 Å². The third kappa shape index (κ3) is 4.01. The van der Waals surface area contributed by atoms with E-state index in [2.05, 4.69) is 15.5 Å². The lowest BCUT2D eigenvalue weighted by atomic mass is 9.99. The molecule has 0 unspecified atom stereocenters. The van der Waals surface area contributed by atoms with Gasteiger partial charge in [-0.3, -0.25) is 4.79 Å². The maximum absolute atomic E-state index is 12.2. The normalized spacial score (nSPS) is 20.4. The number of sulfonamides is 1. The van der Waals surface area contributed by atoms with Crippen LogP contribution in [0, 0.1) is 5.92 Å². The molecule has 0 bridgehead atoms. The molecule has 2 heterocycles. The van der Waals surface area contributed by atoms with Crippen LogP contribution in [0.2, 0.25) is 0 Å². The van der Waals surface area contributed by atoms with Crippen molar-refractivity contribution in [2.24, 2.45) is 5.92 Å².